The van der Waals surface area contributed by atoms with Crippen molar-refractivity contribution in [2.75, 3.05) is 25.6 Å². The fourth-order valence-electron chi connectivity index (χ4n) is 2.38. The number of nitrogens with one attached hydrogen (secondary N) is 1. The molecule has 0 aliphatic carbocycles. The van der Waals surface area contributed by atoms with E-state index >= 15 is 0 Å². The molecule has 0 atom stereocenters. The van der Waals surface area contributed by atoms with Crippen LogP contribution in [-0.2, 0) is 11.3 Å². The first-order chi connectivity index (χ1) is 12.1. The number of amides is 2. The Morgan fingerprint density at radius 3 is 2.52 bits per heavy atom. The number of carbonyl (C=O) groups excluding carboxylic acids is 1. The van der Waals surface area contributed by atoms with Crippen molar-refractivity contribution < 1.29 is 18.3 Å². The SMILES string of the molecule is COCCCCN(Cc1ccccc1)C(=O)Nc1ccc(F)c(F)c1. The molecule has 0 fully saturated rings. The summed E-state index contributed by atoms with van der Waals surface area (Å²) in [4.78, 5) is 14.2. The van der Waals surface area contributed by atoms with Gasteiger partial charge in [-0.25, -0.2) is 13.6 Å². The number of carbonyl (C=O) groups is 1. The Labute approximate surface area is 146 Å². The van der Waals surface area contributed by atoms with Crippen LogP contribution in [0.15, 0.2) is 48.5 Å². The number of rotatable bonds is 8. The van der Waals surface area contributed by atoms with E-state index in [0.29, 0.717) is 19.7 Å². The largest absolute Gasteiger partial charge is 0.385 e. The van der Waals surface area contributed by atoms with E-state index in [2.05, 4.69) is 5.32 Å². The zero-order valence-corrected chi connectivity index (χ0v) is 14.2. The van der Waals surface area contributed by atoms with Crippen LogP contribution < -0.4 is 5.32 Å². The molecule has 2 amide bonds. The lowest BCUT2D eigenvalue weighted by Gasteiger charge is -2.23. The monoisotopic (exact) mass is 348 g/mol. The number of nitrogens with zero attached hydrogens (tertiary/aromatic N) is 1. The Morgan fingerprint density at radius 1 is 1.08 bits per heavy atom. The number of urea groups is 1. The minimum Gasteiger partial charge on any atom is -0.385 e. The van der Waals surface area contributed by atoms with Crippen LogP contribution in [0.1, 0.15) is 18.4 Å². The average Bonchev–Trinajstić information content (AvgIpc) is 2.61. The van der Waals surface area contributed by atoms with Crippen LogP contribution in [-0.4, -0.2) is 31.2 Å². The lowest BCUT2D eigenvalue weighted by molar-refractivity contribution is 0.182. The molecule has 0 heterocycles. The van der Waals surface area contributed by atoms with Gasteiger partial charge in [0.05, 0.1) is 0 Å². The normalized spacial score (nSPS) is 10.5. The summed E-state index contributed by atoms with van der Waals surface area (Å²) in [7, 11) is 1.64. The first-order valence-electron chi connectivity index (χ1n) is 8.14. The smallest absolute Gasteiger partial charge is 0.322 e. The predicted octanol–water partition coefficient (Wildman–Crippen LogP) is 4.43. The van der Waals surface area contributed by atoms with E-state index in [1.54, 1.807) is 12.0 Å². The quantitative estimate of drug-likeness (QED) is 0.717. The molecular weight excluding hydrogens is 326 g/mol. The number of halogens is 2. The van der Waals surface area contributed by atoms with Crippen LogP contribution in [0.2, 0.25) is 0 Å². The van der Waals surface area contributed by atoms with Gasteiger partial charge in [-0.05, 0) is 30.5 Å². The lowest BCUT2D eigenvalue weighted by atomic mass is 10.2. The van der Waals surface area contributed by atoms with Gasteiger partial charge in [0.25, 0.3) is 0 Å². The summed E-state index contributed by atoms with van der Waals surface area (Å²) in [6.45, 7) is 1.60. The Morgan fingerprint density at radius 2 is 1.84 bits per heavy atom. The highest BCUT2D eigenvalue weighted by molar-refractivity contribution is 5.89. The van der Waals surface area contributed by atoms with Gasteiger partial charge in [-0.1, -0.05) is 30.3 Å². The van der Waals surface area contributed by atoms with E-state index in [4.69, 9.17) is 4.74 Å². The van der Waals surface area contributed by atoms with Gasteiger partial charge >= 0.3 is 6.03 Å². The van der Waals surface area contributed by atoms with Crippen molar-refractivity contribution in [3.63, 3.8) is 0 Å². The molecular formula is C19H22F2N2O2. The van der Waals surface area contributed by atoms with Crippen molar-refractivity contribution in [1.82, 2.24) is 4.90 Å². The second kappa shape index (κ2) is 9.74. The number of methoxy groups -OCH3 is 1. The number of unbranched alkanes of at least 4 members (excludes halogenated alkanes) is 1. The fourth-order valence-corrected chi connectivity index (χ4v) is 2.38. The fraction of sp³-hybridized carbons (Fsp3) is 0.316. The number of hydrogen-bond donors (Lipinski definition) is 1. The summed E-state index contributed by atoms with van der Waals surface area (Å²) in [5.74, 6) is -1.94. The van der Waals surface area contributed by atoms with Crippen LogP contribution in [0.5, 0.6) is 0 Å². The zero-order chi connectivity index (χ0) is 18.1. The number of anilines is 1. The maximum atomic E-state index is 13.3. The minimum atomic E-state index is -0.993. The standard InChI is InChI=1S/C19H22F2N2O2/c1-25-12-6-5-11-23(14-15-7-3-2-4-8-15)19(24)22-16-9-10-17(20)18(21)13-16/h2-4,7-10,13H,5-6,11-12,14H2,1H3,(H,22,24). The van der Waals surface area contributed by atoms with Gasteiger partial charge < -0.3 is 15.0 Å². The van der Waals surface area contributed by atoms with Crippen molar-refractivity contribution in [1.29, 1.82) is 0 Å². The first-order valence-corrected chi connectivity index (χ1v) is 8.14. The third-order valence-corrected chi connectivity index (χ3v) is 3.70. The van der Waals surface area contributed by atoms with Crippen LogP contribution >= 0.6 is 0 Å². The number of hydrogen-bond acceptors (Lipinski definition) is 2. The van der Waals surface area contributed by atoms with Gasteiger partial charge in [-0.2, -0.15) is 0 Å². The van der Waals surface area contributed by atoms with E-state index in [-0.39, 0.29) is 11.7 Å². The average molecular weight is 348 g/mol. The van der Waals surface area contributed by atoms with Crippen LogP contribution in [0, 0.1) is 11.6 Å². The zero-order valence-electron chi connectivity index (χ0n) is 14.2. The summed E-state index contributed by atoms with van der Waals surface area (Å²) < 4.78 is 31.3. The highest BCUT2D eigenvalue weighted by atomic mass is 19.2. The summed E-state index contributed by atoms with van der Waals surface area (Å²) in [5, 5.41) is 2.62. The molecule has 2 aromatic carbocycles. The molecule has 134 valence electrons. The van der Waals surface area contributed by atoms with Crippen LogP contribution in [0.25, 0.3) is 0 Å². The van der Waals surface area contributed by atoms with E-state index in [1.165, 1.54) is 6.07 Å². The molecule has 2 rings (SSSR count). The Bertz CT molecular complexity index is 680. The summed E-state index contributed by atoms with van der Waals surface area (Å²) in [6, 6.07) is 12.5. The molecule has 0 aromatic heterocycles. The third-order valence-electron chi connectivity index (χ3n) is 3.70. The lowest BCUT2D eigenvalue weighted by Crippen LogP contribution is -2.35. The molecule has 0 aliphatic heterocycles. The van der Waals surface area contributed by atoms with E-state index in [0.717, 1.165) is 30.5 Å². The molecule has 0 spiro atoms. The molecule has 25 heavy (non-hydrogen) atoms. The topological polar surface area (TPSA) is 41.6 Å². The maximum absolute atomic E-state index is 13.3. The van der Waals surface area contributed by atoms with Gasteiger partial charge in [0.15, 0.2) is 11.6 Å². The molecule has 1 N–H and O–H groups in total. The van der Waals surface area contributed by atoms with Crippen molar-refractivity contribution in [2.45, 2.75) is 19.4 Å². The van der Waals surface area contributed by atoms with Crippen LogP contribution in [0.4, 0.5) is 19.3 Å². The molecule has 0 saturated carbocycles. The Hall–Kier alpha value is -2.47. The van der Waals surface area contributed by atoms with E-state index < -0.39 is 11.6 Å². The highest BCUT2D eigenvalue weighted by Crippen LogP contribution is 2.15. The van der Waals surface area contributed by atoms with Gasteiger partial charge in [0.1, 0.15) is 0 Å². The second-order valence-electron chi connectivity index (χ2n) is 5.67. The summed E-state index contributed by atoms with van der Waals surface area (Å²) >= 11 is 0. The molecule has 6 heteroatoms. The van der Waals surface area contributed by atoms with E-state index in [9.17, 15) is 13.6 Å². The summed E-state index contributed by atoms with van der Waals surface area (Å²) in [6.07, 6.45) is 1.62. The Balaban J connectivity index is 2.03. The second-order valence-corrected chi connectivity index (χ2v) is 5.67. The molecule has 0 saturated heterocycles. The van der Waals surface area contributed by atoms with Gasteiger partial charge in [-0.3, -0.25) is 0 Å². The third kappa shape index (κ3) is 6.15. The predicted molar refractivity (Wildman–Crippen MR) is 93.3 cm³/mol. The molecule has 0 bridgehead atoms. The molecule has 0 radical (unpaired) electrons. The van der Waals surface area contributed by atoms with Crippen molar-refractivity contribution in [3.8, 4) is 0 Å². The summed E-state index contributed by atoms with van der Waals surface area (Å²) in [5.41, 5.74) is 1.22. The molecule has 4 nitrogen and oxygen atoms in total. The van der Waals surface area contributed by atoms with Crippen molar-refractivity contribution in [3.05, 3.63) is 65.7 Å². The Kier molecular flexibility index (Phi) is 7.35. The van der Waals surface area contributed by atoms with Gasteiger partial charge in [0.2, 0.25) is 0 Å². The number of benzene rings is 2. The van der Waals surface area contributed by atoms with Gasteiger partial charge in [0, 0.05) is 38.6 Å². The first kappa shape index (κ1) is 18.9. The highest BCUT2D eigenvalue weighted by Gasteiger charge is 2.15. The van der Waals surface area contributed by atoms with Crippen molar-refractivity contribution in [2.24, 2.45) is 0 Å². The minimum absolute atomic E-state index is 0.221. The number of ether oxygens (including phenoxy) is 1. The maximum Gasteiger partial charge on any atom is 0.322 e. The molecule has 0 aliphatic rings. The van der Waals surface area contributed by atoms with Gasteiger partial charge in [-0.15, -0.1) is 0 Å². The van der Waals surface area contributed by atoms with Crippen molar-refractivity contribution >= 4 is 11.7 Å². The molecule has 0 unspecified atom stereocenters. The molecule has 2 aromatic rings. The van der Waals surface area contributed by atoms with Crippen LogP contribution in [0.3, 0.4) is 0 Å². The van der Waals surface area contributed by atoms with E-state index in [1.807, 2.05) is 30.3 Å².